The highest BCUT2D eigenvalue weighted by Gasteiger charge is 2.25. The summed E-state index contributed by atoms with van der Waals surface area (Å²) >= 11 is 1.43. The average Bonchev–Trinajstić information content (AvgIpc) is 2.92. The van der Waals surface area contributed by atoms with Crippen LogP contribution in [-0.4, -0.2) is 24.9 Å². The molecule has 2 aromatic rings. The number of benzene rings is 1. The fourth-order valence-corrected chi connectivity index (χ4v) is 3.82. The van der Waals surface area contributed by atoms with Crippen molar-refractivity contribution >= 4 is 21.4 Å². The number of hydrogen-bond acceptors (Lipinski definition) is 4. The van der Waals surface area contributed by atoms with Gasteiger partial charge >= 0.3 is 0 Å². The zero-order valence-electron chi connectivity index (χ0n) is 10.8. The van der Waals surface area contributed by atoms with Gasteiger partial charge in [0.1, 0.15) is 10.7 Å². The molecular weight excluding hydrogens is 301 g/mol. The van der Waals surface area contributed by atoms with Gasteiger partial charge in [-0.1, -0.05) is 12.1 Å². The van der Waals surface area contributed by atoms with Gasteiger partial charge in [-0.3, -0.25) is 0 Å². The molecule has 1 N–H and O–H groups in total. The molecule has 2 rings (SSSR count). The van der Waals surface area contributed by atoms with Gasteiger partial charge in [0.2, 0.25) is 10.0 Å². The molecule has 0 saturated heterocycles. The molecule has 0 fully saturated rings. The zero-order chi connectivity index (χ0) is 14.8. The van der Waals surface area contributed by atoms with E-state index in [9.17, 15) is 12.8 Å². The maximum absolute atomic E-state index is 13.8. The summed E-state index contributed by atoms with van der Waals surface area (Å²) in [5, 5.41) is 10.9. The average molecular weight is 315 g/mol. The minimum absolute atomic E-state index is 0.183. The Labute approximate surface area is 121 Å². The van der Waals surface area contributed by atoms with E-state index < -0.39 is 20.7 Å². The van der Waals surface area contributed by atoms with E-state index in [0.29, 0.717) is 5.56 Å². The molecule has 0 bridgehead atoms. The topological polar surface area (TPSA) is 57.6 Å². The summed E-state index contributed by atoms with van der Waals surface area (Å²) in [6, 6.07) is 7.21. The van der Waals surface area contributed by atoms with Gasteiger partial charge in [-0.15, -0.1) is 11.3 Å². The SMILES string of the molecule is CN(Cc1cccs1)S(=O)(=O)c1cc(CO)ccc1F. The number of aliphatic hydroxyl groups excluding tert-OH is 1. The normalized spacial score (nSPS) is 12.0. The summed E-state index contributed by atoms with van der Waals surface area (Å²) in [7, 11) is -2.52. The Morgan fingerprint density at radius 2 is 2.10 bits per heavy atom. The molecular formula is C13H14FNO3S2. The van der Waals surface area contributed by atoms with E-state index in [1.807, 2.05) is 17.5 Å². The summed E-state index contributed by atoms with van der Waals surface area (Å²) in [6.07, 6.45) is 0. The third-order valence-corrected chi connectivity index (χ3v) is 5.50. The molecule has 0 amide bonds. The molecule has 0 unspecified atom stereocenters. The first-order valence-electron chi connectivity index (χ1n) is 5.83. The summed E-state index contributed by atoms with van der Waals surface area (Å²) in [5.74, 6) is -0.819. The highest BCUT2D eigenvalue weighted by atomic mass is 32.2. The van der Waals surface area contributed by atoms with Crippen LogP contribution in [0, 0.1) is 5.82 Å². The van der Waals surface area contributed by atoms with Crippen LogP contribution >= 0.6 is 11.3 Å². The van der Waals surface area contributed by atoms with Crippen LogP contribution in [0.5, 0.6) is 0 Å². The van der Waals surface area contributed by atoms with Crippen LogP contribution in [0.15, 0.2) is 40.6 Å². The number of halogens is 1. The predicted molar refractivity (Wildman–Crippen MR) is 75.3 cm³/mol. The maximum atomic E-state index is 13.8. The van der Waals surface area contributed by atoms with Crippen molar-refractivity contribution in [2.24, 2.45) is 0 Å². The Kier molecular flexibility index (Phi) is 4.54. The quantitative estimate of drug-likeness (QED) is 0.920. The predicted octanol–water partition coefficient (Wildman–Crippen LogP) is 2.20. The van der Waals surface area contributed by atoms with Gasteiger partial charge in [0, 0.05) is 18.5 Å². The van der Waals surface area contributed by atoms with E-state index in [-0.39, 0.29) is 13.2 Å². The van der Waals surface area contributed by atoms with E-state index in [2.05, 4.69) is 0 Å². The fourth-order valence-electron chi connectivity index (χ4n) is 1.72. The third-order valence-electron chi connectivity index (χ3n) is 2.83. The van der Waals surface area contributed by atoms with Gasteiger partial charge < -0.3 is 5.11 Å². The molecule has 1 aromatic carbocycles. The first-order chi connectivity index (χ1) is 9.45. The Balaban J connectivity index is 2.34. The Morgan fingerprint density at radius 1 is 1.35 bits per heavy atom. The summed E-state index contributed by atoms with van der Waals surface area (Å²) in [5.41, 5.74) is 0.356. The monoisotopic (exact) mass is 315 g/mol. The molecule has 0 atom stereocenters. The molecule has 0 aliphatic heterocycles. The number of nitrogens with zero attached hydrogens (tertiary/aromatic N) is 1. The third kappa shape index (κ3) is 3.06. The smallest absolute Gasteiger partial charge is 0.246 e. The van der Waals surface area contributed by atoms with E-state index in [1.54, 1.807) is 0 Å². The molecule has 0 spiro atoms. The summed E-state index contributed by atoms with van der Waals surface area (Å²) < 4.78 is 39.6. The Morgan fingerprint density at radius 3 is 2.70 bits per heavy atom. The first-order valence-corrected chi connectivity index (χ1v) is 8.15. The molecule has 4 nitrogen and oxygen atoms in total. The number of rotatable bonds is 5. The lowest BCUT2D eigenvalue weighted by Gasteiger charge is -2.17. The molecule has 0 saturated carbocycles. The van der Waals surface area contributed by atoms with Crippen LogP contribution in [0.2, 0.25) is 0 Å². The summed E-state index contributed by atoms with van der Waals surface area (Å²) in [4.78, 5) is 0.456. The highest BCUT2D eigenvalue weighted by molar-refractivity contribution is 7.89. The van der Waals surface area contributed by atoms with Crippen LogP contribution in [0.4, 0.5) is 4.39 Å². The van der Waals surface area contributed by atoms with Crippen LogP contribution in [0.3, 0.4) is 0 Å². The van der Waals surface area contributed by atoms with Gasteiger partial charge in [0.25, 0.3) is 0 Å². The van der Waals surface area contributed by atoms with E-state index in [0.717, 1.165) is 21.3 Å². The Hall–Kier alpha value is -1.28. The second-order valence-electron chi connectivity index (χ2n) is 4.26. The van der Waals surface area contributed by atoms with Crippen molar-refractivity contribution in [2.45, 2.75) is 18.0 Å². The molecule has 0 radical (unpaired) electrons. The fraction of sp³-hybridized carbons (Fsp3) is 0.231. The van der Waals surface area contributed by atoms with Crippen molar-refractivity contribution in [1.82, 2.24) is 4.31 Å². The van der Waals surface area contributed by atoms with Crippen LogP contribution in [-0.2, 0) is 23.2 Å². The van der Waals surface area contributed by atoms with Crippen molar-refractivity contribution in [3.05, 3.63) is 52.0 Å². The van der Waals surface area contributed by atoms with Crippen molar-refractivity contribution in [3.63, 3.8) is 0 Å². The second-order valence-corrected chi connectivity index (χ2v) is 7.31. The van der Waals surface area contributed by atoms with Crippen LogP contribution in [0.25, 0.3) is 0 Å². The second kappa shape index (κ2) is 6.01. The van der Waals surface area contributed by atoms with Crippen LogP contribution in [0.1, 0.15) is 10.4 Å². The number of thiophene rings is 1. The lowest BCUT2D eigenvalue weighted by atomic mass is 10.2. The molecule has 108 valence electrons. The van der Waals surface area contributed by atoms with Crippen molar-refractivity contribution in [3.8, 4) is 0 Å². The summed E-state index contributed by atoms with van der Waals surface area (Å²) in [6.45, 7) is -0.153. The van der Waals surface area contributed by atoms with Crippen molar-refractivity contribution in [1.29, 1.82) is 0 Å². The number of hydrogen-bond donors (Lipinski definition) is 1. The van der Waals surface area contributed by atoms with Gasteiger partial charge in [0.05, 0.1) is 6.61 Å². The van der Waals surface area contributed by atoms with Gasteiger partial charge in [-0.25, -0.2) is 12.8 Å². The van der Waals surface area contributed by atoms with E-state index in [4.69, 9.17) is 5.11 Å². The largest absolute Gasteiger partial charge is 0.392 e. The molecule has 20 heavy (non-hydrogen) atoms. The van der Waals surface area contributed by atoms with Gasteiger partial charge in [0.15, 0.2) is 0 Å². The highest BCUT2D eigenvalue weighted by Crippen LogP contribution is 2.22. The van der Waals surface area contributed by atoms with Crippen molar-refractivity contribution < 1.29 is 17.9 Å². The van der Waals surface area contributed by atoms with Crippen molar-refractivity contribution in [2.75, 3.05) is 7.05 Å². The van der Waals surface area contributed by atoms with E-state index in [1.165, 1.54) is 24.5 Å². The van der Waals surface area contributed by atoms with Crippen LogP contribution < -0.4 is 0 Å². The number of aliphatic hydroxyl groups is 1. The zero-order valence-corrected chi connectivity index (χ0v) is 12.4. The minimum Gasteiger partial charge on any atom is -0.392 e. The Bertz CT molecular complexity index is 684. The first kappa shape index (κ1) is 15.1. The van der Waals surface area contributed by atoms with Gasteiger partial charge in [-0.05, 0) is 29.1 Å². The minimum atomic E-state index is -3.92. The number of sulfonamides is 1. The molecule has 0 aliphatic rings. The lowest BCUT2D eigenvalue weighted by Crippen LogP contribution is -2.27. The van der Waals surface area contributed by atoms with Gasteiger partial charge in [-0.2, -0.15) is 4.31 Å². The van der Waals surface area contributed by atoms with E-state index >= 15 is 0 Å². The maximum Gasteiger partial charge on any atom is 0.246 e. The molecule has 1 aromatic heterocycles. The molecule has 1 heterocycles. The molecule has 0 aliphatic carbocycles. The standard InChI is InChI=1S/C13H14FNO3S2/c1-15(8-11-3-2-6-19-11)20(17,18)13-7-10(9-16)4-5-12(13)14/h2-7,16H,8-9H2,1H3. The molecule has 7 heteroatoms. The lowest BCUT2D eigenvalue weighted by molar-refractivity contribution is 0.281.